The predicted octanol–water partition coefficient (Wildman–Crippen LogP) is 3.19. The number of benzene rings is 1. The summed E-state index contributed by atoms with van der Waals surface area (Å²) in [5.41, 5.74) is 0.801. The van der Waals surface area contributed by atoms with Crippen molar-refractivity contribution in [1.82, 2.24) is 0 Å². The zero-order valence-electron chi connectivity index (χ0n) is 6.02. The van der Waals surface area contributed by atoms with E-state index in [1.165, 1.54) is 0 Å². The van der Waals surface area contributed by atoms with E-state index in [0.717, 1.165) is 16.7 Å². The Bertz CT molecular complexity index is 389. The van der Waals surface area contributed by atoms with Gasteiger partial charge in [-0.05, 0) is 19.1 Å². The zero-order valence-corrected chi connectivity index (χ0v) is 6.77. The summed E-state index contributed by atoms with van der Waals surface area (Å²) in [5.74, 6) is 0.794. The minimum absolute atomic E-state index is 0.695. The number of fused-ring (bicyclic) bond motifs is 1. The van der Waals surface area contributed by atoms with E-state index in [1.54, 1.807) is 6.07 Å². The fraction of sp³-hybridized carbons (Fsp3) is 0.111. The van der Waals surface area contributed by atoms with Crippen molar-refractivity contribution in [2.75, 3.05) is 0 Å². The van der Waals surface area contributed by atoms with Crippen molar-refractivity contribution < 1.29 is 4.42 Å². The van der Waals surface area contributed by atoms with Crippen LogP contribution in [-0.2, 0) is 0 Å². The molecule has 2 aromatic rings. The number of rotatable bonds is 0. The highest BCUT2D eigenvalue weighted by molar-refractivity contribution is 6.31. The van der Waals surface area contributed by atoms with Crippen LogP contribution >= 0.6 is 11.6 Å². The molecule has 1 radical (unpaired) electrons. The lowest BCUT2D eigenvalue weighted by atomic mass is 10.2. The molecule has 2 heteroatoms. The Morgan fingerprint density at radius 1 is 1.45 bits per heavy atom. The largest absolute Gasteiger partial charge is 0.461 e. The first-order valence-electron chi connectivity index (χ1n) is 3.34. The maximum absolute atomic E-state index is 5.75. The minimum atomic E-state index is 0.695. The van der Waals surface area contributed by atoms with E-state index in [-0.39, 0.29) is 0 Å². The van der Waals surface area contributed by atoms with Crippen molar-refractivity contribution in [2.45, 2.75) is 6.92 Å². The third-order valence-corrected chi connectivity index (χ3v) is 1.75. The van der Waals surface area contributed by atoms with Crippen LogP contribution < -0.4 is 0 Å². The normalized spacial score (nSPS) is 10.7. The first kappa shape index (κ1) is 6.74. The van der Waals surface area contributed by atoms with Crippen LogP contribution in [0.2, 0.25) is 5.02 Å². The first-order chi connectivity index (χ1) is 5.25. The average molecular weight is 166 g/mol. The first-order valence-corrected chi connectivity index (χ1v) is 3.71. The summed E-state index contributed by atoms with van der Waals surface area (Å²) in [6, 6.07) is 8.58. The van der Waals surface area contributed by atoms with Crippen LogP contribution in [0.4, 0.5) is 0 Å². The predicted molar refractivity (Wildman–Crippen MR) is 44.8 cm³/mol. The molecule has 1 aromatic heterocycles. The molecular formula is C9H6ClO. The van der Waals surface area contributed by atoms with Crippen molar-refractivity contribution in [3.63, 3.8) is 0 Å². The van der Waals surface area contributed by atoms with Gasteiger partial charge in [0.05, 0.1) is 0 Å². The van der Waals surface area contributed by atoms with Gasteiger partial charge >= 0.3 is 0 Å². The van der Waals surface area contributed by atoms with Gasteiger partial charge in [-0.25, -0.2) is 0 Å². The van der Waals surface area contributed by atoms with E-state index in [4.69, 9.17) is 16.0 Å². The summed E-state index contributed by atoms with van der Waals surface area (Å²) in [5, 5.41) is 1.67. The Hall–Kier alpha value is -0.950. The number of aryl methyl sites for hydroxylation is 1. The molecule has 1 aromatic carbocycles. The van der Waals surface area contributed by atoms with Gasteiger partial charge in [0.1, 0.15) is 11.3 Å². The van der Waals surface area contributed by atoms with Gasteiger partial charge in [0.25, 0.3) is 0 Å². The second kappa shape index (κ2) is 2.28. The van der Waals surface area contributed by atoms with Gasteiger partial charge in [-0.2, -0.15) is 0 Å². The highest BCUT2D eigenvalue weighted by Gasteiger charge is 1.99. The molecule has 0 amide bonds. The summed E-state index contributed by atoms with van der Waals surface area (Å²) in [7, 11) is 0. The van der Waals surface area contributed by atoms with Crippen LogP contribution in [0.25, 0.3) is 11.0 Å². The lowest BCUT2D eigenvalue weighted by molar-refractivity contribution is 0.578. The molecule has 0 saturated heterocycles. The van der Waals surface area contributed by atoms with Crippen LogP contribution in [-0.4, -0.2) is 0 Å². The summed E-state index contributed by atoms with van der Waals surface area (Å²) in [6.45, 7) is 1.87. The van der Waals surface area contributed by atoms with Crippen molar-refractivity contribution in [3.05, 3.63) is 35.0 Å². The maximum atomic E-state index is 5.75. The van der Waals surface area contributed by atoms with Gasteiger partial charge in [-0.1, -0.05) is 11.6 Å². The Balaban J connectivity index is 2.82. The van der Waals surface area contributed by atoms with E-state index < -0.39 is 0 Å². The average Bonchev–Trinajstić information content (AvgIpc) is 2.27. The van der Waals surface area contributed by atoms with E-state index in [9.17, 15) is 0 Å². The van der Waals surface area contributed by atoms with E-state index >= 15 is 0 Å². The molecule has 1 nitrogen and oxygen atoms in total. The Kier molecular flexibility index (Phi) is 1.40. The SMILES string of the molecule is Cc1[c]c2ccc(Cl)cc2o1. The van der Waals surface area contributed by atoms with Gasteiger partial charge in [-0.3, -0.25) is 0 Å². The van der Waals surface area contributed by atoms with Crippen LogP contribution in [0, 0.1) is 13.0 Å². The summed E-state index contributed by atoms with van der Waals surface area (Å²) in [4.78, 5) is 0. The third-order valence-electron chi connectivity index (χ3n) is 1.52. The molecule has 1 heterocycles. The van der Waals surface area contributed by atoms with Crippen molar-refractivity contribution in [2.24, 2.45) is 0 Å². The summed E-state index contributed by atoms with van der Waals surface area (Å²) < 4.78 is 5.31. The second-order valence-electron chi connectivity index (χ2n) is 2.42. The molecular weight excluding hydrogens is 160 g/mol. The van der Waals surface area contributed by atoms with Crippen molar-refractivity contribution in [3.8, 4) is 0 Å². The molecule has 0 saturated carbocycles. The lowest BCUT2D eigenvalue weighted by Crippen LogP contribution is -1.62. The van der Waals surface area contributed by atoms with Gasteiger partial charge in [0.2, 0.25) is 0 Å². The van der Waals surface area contributed by atoms with Gasteiger partial charge < -0.3 is 4.42 Å². The highest BCUT2D eigenvalue weighted by Crippen LogP contribution is 2.21. The molecule has 0 spiro atoms. The molecule has 55 valence electrons. The lowest BCUT2D eigenvalue weighted by Gasteiger charge is -1.87. The van der Waals surface area contributed by atoms with Crippen LogP contribution in [0.3, 0.4) is 0 Å². The maximum Gasteiger partial charge on any atom is 0.136 e. The Morgan fingerprint density at radius 2 is 2.27 bits per heavy atom. The fourth-order valence-electron chi connectivity index (χ4n) is 1.06. The van der Waals surface area contributed by atoms with Gasteiger partial charge in [0, 0.05) is 22.5 Å². The quantitative estimate of drug-likeness (QED) is 0.584. The number of halogens is 1. The smallest absolute Gasteiger partial charge is 0.136 e. The molecule has 11 heavy (non-hydrogen) atoms. The summed E-state index contributed by atoms with van der Waals surface area (Å²) in [6.07, 6.45) is 0. The van der Waals surface area contributed by atoms with Crippen LogP contribution in [0.15, 0.2) is 22.6 Å². The number of hydrogen-bond donors (Lipinski definition) is 0. The van der Waals surface area contributed by atoms with Gasteiger partial charge in [-0.15, -0.1) is 0 Å². The molecule has 0 aliphatic rings. The van der Waals surface area contributed by atoms with Crippen molar-refractivity contribution in [1.29, 1.82) is 0 Å². The molecule has 0 unspecified atom stereocenters. The minimum Gasteiger partial charge on any atom is -0.461 e. The van der Waals surface area contributed by atoms with E-state index in [0.29, 0.717) is 5.02 Å². The molecule has 0 aliphatic carbocycles. The standard InChI is InChI=1S/C9H6ClO/c1-6-4-7-2-3-8(10)5-9(7)11-6/h2-3,5H,1H3. The van der Waals surface area contributed by atoms with Crippen LogP contribution in [0.1, 0.15) is 5.76 Å². The van der Waals surface area contributed by atoms with Crippen molar-refractivity contribution >= 4 is 22.6 Å². The molecule has 0 aliphatic heterocycles. The van der Waals surface area contributed by atoms with E-state index in [2.05, 4.69) is 6.07 Å². The molecule has 0 N–H and O–H groups in total. The van der Waals surface area contributed by atoms with Crippen LogP contribution in [0.5, 0.6) is 0 Å². The monoisotopic (exact) mass is 165 g/mol. The highest BCUT2D eigenvalue weighted by atomic mass is 35.5. The Morgan fingerprint density at radius 3 is 3.09 bits per heavy atom. The third kappa shape index (κ3) is 1.12. The van der Waals surface area contributed by atoms with E-state index in [1.807, 2.05) is 19.1 Å². The second-order valence-corrected chi connectivity index (χ2v) is 2.86. The molecule has 2 rings (SSSR count). The number of hydrogen-bond acceptors (Lipinski definition) is 1. The fourth-order valence-corrected chi connectivity index (χ4v) is 1.23. The topological polar surface area (TPSA) is 13.1 Å². The van der Waals surface area contributed by atoms with Gasteiger partial charge in [0.15, 0.2) is 0 Å². The molecule has 0 fully saturated rings. The molecule has 0 atom stereocenters. The summed E-state index contributed by atoms with van der Waals surface area (Å²) >= 11 is 5.75. The zero-order chi connectivity index (χ0) is 7.84. The number of furan rings is 1. The molecule has 0 bridgehead atoms. The Labute approximate surface area is 69.6 Å².